The molecular formula is C10H17BrN4. The van der Waals surface area contributed by atoms with Crippen molar-refractivity contribution in [2.75, 3.05) is 11.9 Å². The van der Waals surface area contributed by atoms with E-state index in [9.17, 15) is 0 Å². The van der Waals surface area contributed by atoms with Gasteiger partial charge in [-0.25, -0.2) is 9.67 Å². The van der Waals surface area contributed by atoms with Gasteiger partial charge in [0.2, 0.25) is 0 Å². The Kier molecular flexibility index (Phi) is 3.75. The third kappa shape index (κ3) is 2.39. The predicted molar refractivity (Wildman–Crippen MR) is 62.9 cm³/mol. The van der Waals surface area contributed by atoms with Gasteiger partial charge in [0.05, 0.1) is 6.54 Å². The van der Waals surface area contributed by atoms with Gasteiger partial charge in [0.1, 0.15) is 12.2 Å². The van der Waals surface area contributed by atoms with Crippen molar-refractivity contribution in [3.8, 4) is 0 Å². The van der Waals surface area contributed by atoms with E-state index in [-0.39, 0.29) is 0 Å². The average molecular weight is 273 g/mol. The number of hydrogen-bond donors (Lipinski definition) is 0. The molecule has 2 rings (SSSR count). The highest BCUT2D eigenvalue weighted by molar-refractivity contribution is 9.09. The SMILES string of the molecule is CCn1ncnc1CN1CCCC1CBr. The highest BCUT2D eigenvalue weighted by Gasteiger charge is 2.24. The first-order chi connectivity index (χ1) is 7.35. The molecule has 1 aliphatic rings. The highest BCUT2D eigenvalue weighted by Crippen LogP contribution is 2.20. The average Bonchev–Trinajstić information content (AvgIpc) is 2.87. The van der Waals surface area contributed by atoms with E-state index in [1.54, 1.807) is 6.33 Å². The lowest BCUT2D eigenvalue weighted by Gasteiger charge is -2.21. The molecule has 4 nitrogen and oxygen atoms in total. The number of likely N-dealkylation sites (tertiary alicyclic amines) is 1. The van der Waals surface area contributed by atoms with E-state index in [0.29, 0.717) is 6.04 Å². The van der Waals surface area contributed by atoms with Gasteiger partial charge in [-0.3, -0.25) is 4.90 Å². The molecule has 0 radical (unpaired) electrons. The lowest BCUT2D eigenvalue weighted by Crippen LogP contribution is -2.31. The maximum atomic E-state index is 4.31. The molecule has 1 unspecified atom stereocenters. The van der Waals surface area contributed by atoms with Gasteiger partial charge in [0, 0.05) is 17.9 Å². The number of aromatic nitrogens is 3. The predicted octanol–water partition coefficient (Wildman–Crippen LogP) is 1.66. The second-order valence-electron chi connectivity index (χ2n) is 3.91. The van der Waals surface area contributed by atoms with Crippen molar-refractivity contribution in [3.05, 3.63) is 12.2 Å². The summed E-state index contributed by atoms with van der Waals surface area (Å²) in [5.74, 6) is 1.09. The molecule has 1 saturated heterocycles. The van der Waals surface area contributed by atoms with Crippen LogP contribution in [0.1, 0.15) is 25.6 Å². The molecule has 1 aromatic rings. The molecule has 0 aromatic carbocycles. The first-order valence-electron chi connectivity index (χ1n) is 5.51. The summed E-state index contributed by atoms with van der Waals surface area (Å²) in [4.78, 5) is 6.81. The summed E-state index contributed by atoms with van der Waals surface area (Å²) in [7, 11) is 0. The molecule has 0 N–H and O–H groups in total. The molecule has 1 fully saturated rings. The Bertz CT molecular complexity index is 312. The molecule has 15 heavy (non-hydrogen) atoms. The summed E-state index contributed by atoms with van der Waals surface area (Å²) in [5.41, 5.74) is 0. The molecular weight excluding hydrogens is 256 g/mol. The van der Waals surface area contributed by atoms with Gasteiger partial charge in [0.15, 0.2) is 0 Å². The van der Waals surface area contributed by atoms with Crippen molar-refractivity contribution >= 4 is 15.9 Å². The Morgan fingerprint density at radius 1 is 1.60 bits per heavy atom. The van der Waals surface area contributed by atoms with Crippen LogP contribution in [0.15, 0.2) is 6.33 Å². The van der Waals surface area contributed by atoms with Gasteiger partial charge in [-0.15, -0.1) is 0 Å². The minimum Gasteiger partial charge on any atom is -0.292 e. The smallest absolute Gasteiger partial charge is 0.141 e. The van der Waals surface area contributed by atoms with Crippen LogP contribution >= 0.6 is 15.9 Å². The number of hydrogen-bond acceptors (Lipinski definition) is 3. The van der Waals surface area contributed by atoms with Crippen LogP contribution in [-0.2, 0) is 13.1 Å². The Labute approximate surface area is 98.8 Å². The maximum Gasteiger partial charge on any atom is 0.141 e. The zero-order valence-electron chi connectivity index (χ0n) is 9.06. The van der Waals surface area contributed by atoms with Gasteiger partial charge in [-0.05, 0) is 26.3 Å². The Morgan fingerprint density at radius 3 is 3.20 bits per heavy atom. The quantitative estimate of drug-likeness (QED) is 0.782. The molecule has 0 amide bonds. The van der Waals surface area contributed by atoms with Gasteiger partial charge in [0.25, 0.3) is 0 Å². The minimum atomic E-state index is 0.673. The summed E-state index contributed by atoms with van der Waals surface area (Å²) in [6, 6.07) is 0.673. The third-order valence-electron chi connectivity index (χ3n) is 3.02. The molecule has 2 heterocycles. The van der Waals surface area contributed by atoms with Gasteiger partial charge >= 0.3 is 0 Å². The Morgan fingerprint density at radius 2 is 2.47 bits per heavy atom. The van der Waals surface area contributed by atoms with Gasteiger partial charge < -0.3 is 0 Å². The molecule has 0 saturated carbocycles. The highest BCUT2D eigenvalue weighted by atomic mass is 79.9. The Balaban J connectivity index is 2.01. The fourth-order valence-corrected chi connectivity index (χ4v) is 2.87. The van der Waals surface area contributed by atoms with Crippen molar-refractivity contribution < 1.29 is 0 Å². The second-order valence-corrected chi connectivity index (χ2v) is 4.56. The number of rotatable bonds is 4. The summed E-state index contributed by atoms with van der Waals surface area (Å²) < 4.78 is 1.98. The van der Waals surface area contributed by atoms with E-state index in [1.807, 2.05) is 4.68 Å². The van der Waals surface area contributed by atoms with Crippen LogP contribution < -0.4 is 0 Å². The summed E-state index contributed by atoms with van der Waals surface area (Å²) in [5, 5.41) is 5.26. The lowest BCUT2D eigenvalue weighted by molar-refractivity contribution is 0.253. The first-order valence-corrected chi connectivity index (χ1v) is 6.64. The molecule has 1 atom stereocenters. The van der Waals surface area contributed by atoms with Crippen LogP contribution in [0.5, 0.6) is 0 Å². The second kappa shape index (κ2) is 5.07. The normalized spacial score (nSPS) is 22.4. The third-order valence-corrected chi connectivity index (χ3v) is 3.76. The number of nitrogens with zero attached hydrogens (tertiary/aromatic N) is 4. The summed E-state index contributed by atoms with van der Waals surface area (Å²) in [6.07, 6.45) is 4.25. The van der Waals surface area contributed by atoms with Crippen LogP contribution in [-0.4, -0.2) is 37.6 Å². The number of halogens is 1. The fourth-order valence-electron chi connectivity index (χ4n) is 2.13. The zero-order valence-corrected chi connectivity index (χ0v) is 10.7. The van der Waals surface area contributed by atoms with Crippen LogP contribution in [0.2, 0.25) is 0 Å². The van der Waals surface area contributed by atoms with E-state index in [4.69, 9.17) is 0 Å². The van der Waals surface area contributed by atoms with E-state index in [1.165, 1.54) is 19.4 Å². The molecule has 0 bridgehead atoms. The fraction of sp³-hybridized carbons (Fsp3) is 0.800. The van der Waals surface area contributed by atoms with Crippen LogP contribution in [0, 0.1) is 0 Å². The van der Waals surface area contributed by atoms with Crippen LogP contribution in [0.25, 0.3) is 0 Å². The van der Waals surface area contributed by atoms with E-state index in [0.717, 1.165) is 24.2 Å². The van der Waals surface area contributed by atoms with Crippen LogP contribution in [0.4, 0.5) is 0 Å². The molecule has 1 aromatic heterocycles. The van der Waals surface area contributed by atoms with Gasteiger partial charge in [-0.1, -0.05) is 15.9 Å². The molecule has 5 heteroatoms. The topological polar surface area (TPSA) is 34.0 Å². The largest absolute Gasteiger partial charge is 0.292 e. The Hall–Kier alpha value is -0.420. The minimum absolute atomic E-state index is 0.673. The molecule has 84 valence electrons. The van der Waals surface area contributed by atoms with Gasteiger partial charge in [-0.2, -0.15) is 5.10 Å². The number of alkyl halides is 1. The lowest BCUT2D eigenvalue weighted by atomic mass is 10.2. The van der Waals surface area contributed by atoms with E-state index >= 15 is 0 Å². The van der Waals surface area contributed by atoms with Crippen molar-refractivity contribution in [2.24, 2.45) is 0 Å². The maximum absolute atomic E-state index is 4.31. The van der Waals surface area contributed by atoms with E-state index in [2.05, 4.69) is 37.8 Å². The molecule has 0 aliphatic carbocycles. The van der Waals surface area contributed by atoms with E-state index < -0.39 is 0 Å². The van der Waals surface area contributed by atoms with Crippen molar-refractivity contribution in [3.63, 3.8) is 0 Å². The monoisotopic (exact) mass is 272 g/mol. The van der Waals surface area contributed by atoms with Crippen molar-refractivity contribution in [2.45, 2.75) is 38.9 Å². The van der Waals surface area contributed by atoms with Crippen LogP contribution in [0.3, 0.4) is 0 Å². The molecule has 1 aliphatic heterocycles. The van der Waals surface area contributed by atoms with Crippen molar-refractivity contribution in [1.82, 2.24) is 19.7 Å². The summed E-state index contributed by atoms with van der Waals surface area (Å²) in [6.45, 7) is 5.13. The van der Waals surface area contributed by atoms with Crippen molar-refractivity contribution in [1.29, 1.82) is 0 Å². The first kappa shape index (κ1) is 11.1. The summed E-state index contributed by atoms with van der Waals surface area (Å²) >= 11 is 3.57. The molecule has 0 spiro atoms. The number of aryl methyl sites for hydroxylation is 1. The standard InChI is InChI=1S/C10H17BrN4/c1-2-15-10(12-8-13-15)7-14-5-3-4-9(14)6-11/h8-9H,2-7H2,1H3. The zero-order chi connectivity index (χ0) is 10.7.